The molecule has 176 valence electrons. The van der Waals surface area contributed by atoms with Gasteiger partial charge in [0.15, 0.2) is 0 Å². The molecule has 0 aliphatic heterocycles. The summed E-state index contributed by atoms with van der Waals surface area (Å²) in [7, 11) is 1.68. The molecule has 0 aliphatic rings. The van der Waals surface area contributed by atoms with Crippen molar-refractivity contribution in [1.29, 1.82) is 0 Å². The predicted molar refractivity (Wildman–Crippen MR) is 151 cm³/mol. The van der Waals surface area contributed by atoms with Gasteiger partial charge in [0.05, 0.1) is 7.11 Å². The number of hydrogen-bond acceptors (Lipinski definition) is 2. The van der Waals surface area contributed by atoms with Crippen molar-refractivity contribution < 1.29 is 4.74 Å². The van der Waals surface area contributed by atoms with Crippen LogP contribution in [0.1, 0.15) is 38.9 Å². The lowest BCUT2D eigenvalue weighted by Gasteiger charge is -2.12. The fourth-order valence-electron chi connectivity index (χ4n) is 4.39. The molecule has 4 rings (SSSR count). The summed E-state index contributed by atoms with van der Waals surface area (Å²) in [5, 5.41) is 3.43. The fraction of sp³-hybridized carbons (Fsp3) is 0.152. The lowest BCUT2D eigenvalue weighted by Crippen LogP contribution is -1.92. The Morgan fingerprint density at radius 3 is 1.54 bits per heavy atom. The van der Waals surface area contributed by atoms with Crippen LogP contribution < -0.4 is 10.1 Å². The van der Waals surface area contributed by atoms with Crippen LogP contribution in [-0.4, -0.2) is 7.11 Å². The molecule has 35 heavy (non-hydrogen) atoms. The fourth-order valence-corrected chi connectivity index (χ4v) is 4.39. The molecule has 0 aliphatic carbocycles. The number of allylic oxidation sites excluding steroid dienone is 2. The maximum atomic E-state index is 5.23. The van der Waals surface area contributed by atoms with Crippen molar-refractivity contribution in [3.63, 3.8) is 0 Å². The maximum Gasteiger partial charge on any atom is 0.119 e. The van der Waals surface area contributed by atoms with Gasteiger partial charge in [0.1, 0.15) is 5.75 Å². The van der Waals surface area contributed by atoms with Crippen LogP contribution in [-0.2, 0) is 0 Å². The van der Waals surface area contributed by atoms with Crippen LogP contribution in [0.25, 0.3) is 11.6 Å². The van der Waals surface area contributed by atoms with Gasteiger partial charge in [-0.3, -0.25) is 0 Å². The van der Waals surface area contributed by atoms with Crippen LogP contribution in [0.15, 0.2) is 97.1 Å². The molecule has 0 atom stereocenters. The SMILES string of the molecule is COc1ccc(Nc2ccc(C=CC=C(c3cc(C)cc(C)c3)c3cc(C)cc(C)c3)cc2)cc1. The number of benzene rings is 4. The Balaban J connectivity index is 1.58. The van der Waals surface area contributed by atoms with Crippen LogP contribution in [0.2, 0.25) is 0 Å². The zero-order valence-electron chi connectivity index (χ0n) is 21.2. The topological polar surface area (TPSA) is 21.3 Å². The zero-order chi connectivity index (χ0) is 24.8. The van der Waals surface area contributed by atoms with Crippen molar-refractivity contribution in [2.24, 2.45) is 0 Å². The maximum absolute atomic E-state index is 5.23. The highest BCUT2D eigenvalue weighted by molar-refractivity contribution is 5.82. The summed E-state index contributed by atoms with van der Waals surface area (Å²) in [6.07, 6.45) is 6.53. The molecule has 0 heterocycles. The Hall–Kier alpha value is -4.04. The molecule has 0 saturated heterocycles. The Bertz CT molecular complexity index is 1270. The van der Waals surface area contributed by atoms with E-state index in [-0.39, 0.29) is 0 Å². The van der Waals surface area contributed by atoms with Crippen molar-refractivity contribution in [1.82, 2.24) is 0 Å². The van der Waals surface area contributed by atoms with Gasteiger partial charge < -0.3 is 10.1 Å². The third-order valence-corrected chi connectivity index (χ3v) is 5.91. The quantitative estimate of drug-likeness (QED) is 0.279. The summed E-state index contributed by atoms with van der Waals surface area (Å²) < 4.78 is 5.23. The first-order chi connectivity index (χ1) is 16.9. The molecule has 0 aromatic heterocycles. The van der Waals surface area contributed by atoms with Crippen LogP contribution >= 0.6 is 0 Å². The second kappa shape index (κ2) is 10.9. The van der Waals surface area contributed by atoms with Gasteiger partial charge in [-0.1, -0.05) is 89.0 Å². The standard InChI is InChI=1S/C33H33NO/c1-23-17-24(2)20-28(19-23)33(29-21-25(3)18-26(4)22-29)8-6-7-27-9-11-30(12-10-27)34-31-13-15-32(35-5)16-14-31/h6-22,34H,1-5H3. The van der Waals surface area contributed by atoms with Gasteiger partial charge >= 0.3 is 0 Å². The average molecular weight is 460 g/mol. The summed E-state index contributed by atoms with van der Waals surface area (Å²) in [5.41, 5.74) is 12.1. The minimum atomic E-state index is 0.852. The molecule has 0 unspecified atom stereocenters. The molecule has 0 fully saturated rings. The zero-order valence-corrected chi connectivity index (χ0v) is 21.2. The van der Waals surface area contributed by atoms with Gasteiger partial charge in [-0.05, 0) is 86.4 Å². The van der Waals surface area contributed by atoms with Crippen LogP contribution in [0, 0.1) is 27.7 Å². The van der Waals surface area contributed by atoms with Crippen molar-refractivity contribution in [3.8, 4) is 5.75 Å². The highest BCUT2D eigenvalue weighted by atomic mass is 16.5. The van der Waals surface area contributed by atoms with E-state index in [2.05, 4.69) is 112 Å². The lowest BCUT2D eigenvalue weighted by molar-refractivity contribution is 0.415. The number of ether oxygens (including phenoxy) is 1. The smallest absolute Gasteiger partial charge is 0.119 e. The third-order valence-electron chi connectivity index (χ3n) is 5.91. The Morgan fingerprint density at radius 1 is 0.629 bits per heavy atom. The second-order valence-corrected chi connectivity index (χ2v) is 9.17. The molecular weight excluding hydrogens is 426 g/mol. The van der Waals surface area contributed by atoms with Crippen LogP contribution in [0.3, 0.4) is 0 Å². The Kier molecular flexibility index (Phi) is 7.52. The van der Waals surface area contributed by atoms with E-state index in [0.717, 1.165) is 22.7 Å². The van der Waals surface area contributed by atoms with Crippen molar-refractivity contribution in [2.45, 2.75) is 27.7 Å². The van der Waals surface area contributed by atoms with E-state index in [0.29, 0.717) is 0 Å². The summed E-state index contributed by atoms with van der Waals surface area (Å²) >= 11 is 0. The molecule has 0 amide bonds. The van der Waals surface area contributed by atoms with E-state index in [1.807, 2.05) is 24.3 Å². The molecule has 0 bridgehead atoms. The summed E-state index contributed by atoms with van der Waals surface area (Å²) in [5.74, 6) is 0.852. The average Bonchev–Trinajstić information content (AvgIpc) is 2.82. The molecule has 4 aromatic rings. The highest BCUT2D eigenvalue weighted by Crippen LogP contribution is 2.28. The number of methoxy groups -OCH3 is 1. The Morgan fingerprint density at radius 2 is 1.09 bits per heavy atom. The third kappa shape index (κ3) is 6.51. The van der Waals surface area contributed by atoms with E-state index < -0.39 is 0 Å². The molecule has 1 N–H and O–H groups in total. The molecule has 2 heteroatoms. The first kappa shape index (κ1) is 24.1. The highest BCUT2D eigenvalue weighted by Gasteiger charge is 2.07. The minimum absolute atomic E-state index is 0.852. The number of rotatable bonds is 7. The Labute approximate surface area is 209 Å². The minimum Gasteiger partial charge on any atom is -0.497 e. The van der Waals surface area contributed by atoms with Crippen LogP contribution in [0.5, 0.6) is 5.75 Å². The number of anilines is 2. The summed E-state index contributed by atoms with van der Waals surface area (Å²) in [6.45, 7) is 8.64. The van der Waals surface area contributed by atoms with E-state index in [4.69, 9.17) is 4.74 Å². The first-order valence-electron chi connectivity index (χ1n) is 12.0. The van der Waals surface area contributed by atoms with Crippen LogP contribution in [0.4, 0.5) is 11.4 Å². The predicted octanol–water partition coefficient (Wildman–Crippen LogP) is 8.82. The largest absolute Gasteiger partial charge is 0.497 e. The van der Waals surface area contributed by atoms with Gasteiger partial charge in [-0.25, -0.2) is 0 Å². The van der Waals surface area contributed by atoms with Crippen molar-refractivity contribution >= 4 is 23.0 Å². The van der Waals surface area contributed by atoms with Crippen molar-refractivity contribution in [3.05, 3.63) is 136 Å². The molecule has 0 spiro atoms. The van der Waals surface area contributed by atoms with E-state index >= 15 is 0 Å². The van der Waals surface area contributed by atoms with Gasteiger partial charge in [-0.15, -0.1) is 0 Å². The molecule has 4 aromatic carbocycles. The molecule has 0 radical (unpaired) electrons. The number of hydrogen-bond donors (Lipinski definition) is 1. The molecule has 2 nitrogen and oxygen atoms in total. The van der Waals surface area contributed by atoms with Gasteiger partial charge in [0.25, 0.3) is 0 Å². The van der Waals surface area contributed by atoms with E-state index in [9.17, 15) is 0 Å². The van der Waals surface area contributed by atoms with Gasteiger partial charge in [-0.2, -0.15) is 0 Å². The molecule has 0 saturated carbocycles. The van der Waals surface area contributed by atoms with E-state index in [1.165, 1.54) is 39.0 Å². The lowest BCUT2D eigenvalue weighted by atomic mass is 9.92. The monoisotopic (exact) mass is 459 g/mol. The van der Waals surface area contributed by atoms with E-state index in [1.54, 1.807) is 7.11 Å². The second-order valence-electron chi connectivity index (χ2n) is 9.17. The number of nitrogens with one attached hydrogen (secondary N) is 1. The number of aryl methyl sites for hydroxylation is 4. The summed E-state index contributed by atoms with van der Waals surface area (Å²) in [4.78, 5) is 0. The van der Waals surface area contributed by atoms with Gasteiger partial charge in [0, 0.05) is 11.4 Å². The van der Waals surface area contributed by atoms with Crippen molar-refractivity contribution in [2.75, 3.05) is 12.4 Å². The molecular formula is C33H33NO. The summed E-state index contributed by atoms with van der Waals surface area (Å²) in [6, 6.07) is 29.9. The normalized spacial score (nSPS) is 10.9. The van der Waals surface area contributed by atoms with Gasteiger partial charge in [0.2, 0.25) is 0 Å². The first-order valence-corrected chi connectivity index (χ1v) is 12.0.